The topological polar surface area (TPSA) is 111 Å². The van der Waals surface area contributed by atoms with Crippen molar-refractivity contribution in [3.8, 4) is 11.1 Å². The summed E-state index contributed by atoms with van der Waals surface area (Å²) in [5.74, 6) is 0.213. The second-order valence-corrected chi connectivity index (χ2v) is 9.29. The quantitative estimate of drug-likeness (QED) is 0.310. The lowest BCUT2D eigenvalue weighted by Gasteiger charge is -2.35. The van der Waals surface area contributed by atoms with Crippen LogP contribution in [0.2, 0.25) is 0 Å². The molecule has 1 aromatic heterocycles. The van der Waals surface area contributed by atoms with Gasteiger partial charge in [-0.2, -0.15) is 0 Å². The number of fused-ring (bicyclic) bond motifs is 1. The number of hydrogen-bond donors (Lipinski definition) is 3. The number of benzene rings is 3. The smallest absolute Gasteiger partial charge is 0.247 e. The van der Waals surface area contributed by atoms with Gasteiger partial charge in [-0.05, 0) is 42.0 Å². The van der Waals surface area contributed by atoms with Gasteiger partial charge in [-0.1, -0.05) is 36.9 Å². The molecule has 0 radical (unpaired) electrons. The van der Waals surface area contributed by atoms with Gasteiger partial charge in [0.1, 0.15) is 0 Å². The van der Waals surface area contributed by atoms with Crippen molar-refractivity contribution in [2.45, 2.75) is 13.5 Å². The van der Waals surface area contributed by atoms with Gasteiger partial charge in [0.2, 0.25) is 17.8 Å². The molecule has 0 unspecified atom stereocenters. The normalized spacial score (nSPS) is 13.3. The molecule has 1 saturated heterocycles. The molecule has 4 aromatic rings. The molecular formula is C30H30N6O3. The molecule has 0 aliphatic carbocycles. The molecule has 2 heterocycles. The second kappa shape index (κ2) is 11.3. The average Bonchev–Trinajstić information content (AvgIpc) is 2.97. The SMILES string of the molecule is C=CC(=O)Nc1cccc(-c2cccc3cnc(Nc4ccc(N5CCN(C(C)=O)CC5)cc4)nc23)c1CO. The van der Waals surface area contributed by atoms with Gasteiger partial charge in [0.25, 0.3) is 0 Å². The monoisotopic (exact) mass is 522 g/mol. The summed E-state index contributed by atoms with van der Waals surface area (Å²) in [6, 6.07) is 19.3. The first-order valence-corrected chi connectivity index (χ1v) is 12.8. The Morgan fingerprint density at radius 3 is 2.41 bits per heavy atom. The van der Waals surface area contributed by atoms with E-state index in [1.807, 2.05) is 47.4 Å². The number of nitrogens with zero attached hydrogens (tertiary/aromatic N) is 4. The van der Waals surface area contributed by atoms with Crippen molar-refractivity contribution in [2.24, 2.45) is 0 Å². The maximum atomic E-state index is 11.9. The number of nitrogens with one attached hydrogen (secondary N) is 2. The van der Waals surface area contributed by atoms with Crippen molar-refractivity contribution in [2.75, 3.05) is 41.7 Å². The molecule has 198 valence electrons. The number of amides is 2. The molecule has 5 rings (SSSR count). The lowest BCUT2D eigenvalue weighted by atomic mass is 9.96. The van der Waals surface area contributed by atoms with Crippen LogP contribution in [0.15, 0.2) is 79.5 Å². The number of aromatic nitrogens is 2. The minimum atomic E-state index is -0.349. The highest BCUT2D eigenvalue weighted by Crippen LogP contribution is 2.34. The maximum Gasteiger partial charge on any atom is 0.247 e. The van der Waals surface area contributed by atoms with Crippen LogP contribution in [0, 0.1) is 0 Å². The number of aliphatic hydroxyl groups excluding tert-OH is 1. The van der Waals surface area contributed by atoms with E-state index in [4.69, 9.17) is 4.98 Å². The lowest BCUT2D eigenvalue weighted by Crippen LogP contribution is -2.48. The van der Waals surface area contributed by atoms with Crippen molar-refractivity contribution >= 4 is 45.7 Å². The maximum absolute atomic E-state index is 11.9. The molecule has 9 nitrogen and oxygen atoms in total. The number of hydrogen-bond acceptors (Lipinski definition) is 7. The molecule has 3 N–H and O–H groups in total. The highest BCUT2D eigenvalue weighted by molar-refractivity contribution is 6.01. The van der Waals surface area contributed by atoms with Crippen LogP contribution in [0.25, 0.3) is 22.0 Å². The fraction of sp³-hybridized carbons (Fsp3) is 0.200. The van der Waals surface area contributed by atoms with E-state index in [-0.39, 0.29) is 18.4 Å². The summed E-state index contributed by atoms with van der Waals surface area (Å²) in [7, 11) is 0. The molecule has 1 aliphatic rings. The zero-order valence-electron chi connectivity index (χ0n) is 21.7. The molecular weight excluding hydrogens is 492 g/mol. The number of aliphatic hydroxyl groups is 1. The fourth-order valence-electron chi connectivity index (χ4n) is 4.81. The van der Waals surface area contributed by atoms with Crippen LogP contribution in [-0.4, -0.2) is 58.0 Å². The second-order valence-electron chi connectivity index (χ2n) is 9.29. The highest BCUT2D eigenvalue weighted by atomic mass is 16.3. The summed E-state index contributed by atoms with van der Waals surface area (Å²) < 4.78 is 0. The van der Waals surface area contributed by atoms with E-state index < -0.39 is 0 Å². The van der Waals surface area contributed by atoms with Crippen molar-refractivity contribution in [1.82, 2.24) is 14.9 Å². The summed E-state index contributed by atoms with van der Waals surface area (Å²) in [4.78, 5) is 37.0. The van der Waals surface area contributed by atoms with E-state index in [9.17, 15) is 14.7 Å². The minimum Gasteiger partial charge on any atom is -0.392 e. The van der Waals surface area contributed by atoms with E-state index in [0.717, 1.165) is 59.6 Å². The standard InChI is InChI=1S/C30H30N6O3/c1-3-28(39)33-27-9-5-7-24(26(27)19-37)25-8-4-6-21-18-31-30(34-29(21)25)32-22-10-12-23(13-11-22)36-16-14-35(15-17-36)20(2)38/h3-13,18,37H,1,14-17,19H2,2H3,(H,33,39)(H,31,32,34). The molecule has 0 bridgehead atoms. The summed E-state index contributed by atoms with van der Waals surface area (Å²) in [6.07, 6.45) is 2.96. The van der Waals surface area contributed by atoms with E-state index in [1.165, 1.54) is 6.08 Å². The van der Waals surface area contributed by atoms with Crippen LogP contribution >= 0.6 is 0 Å². The zero-order valence-corrected chi connectivity index (χ0v) is 21.7. The third-order valence-corrected chi connectivity index (χ3v) is 6.89. The Bertz CT molecular complexity index is 1530. The van der Waals surface area contributed by atoms with E-state index in [1.54, 1.807) is 19.2 Å². The number of carbonyl (C=O) groups excluding carboxylic acids is 2. The molecule has 0 saturated carbocycles. The molecule has 0 atom stereocenters. The highest BCUT2D eigenvalue weighted by Gasteiger charge is 2.19. The minimum absolute atomic E-state index is 0.118. The van der Waals surface area contributed by atoms with Crippen molar-refractivity contribution in [3.05, 3.63) is 85.1 Å². The first-order chi connectivity index (χ1) is 19.0. The van der Waals surface area contributed by atoms with Crippen LogP contribution in [0.5, 0.6) is 0 Å². The summed E-state index contributed by atoms with van der Waals surface area (Å²) in [5.41, 5.74) is 5.37. The molecule has 1 aliphatic heterocycles. The van der Waals surface area contributed by atoms with Gasteiger partial charge in [-0.3, -0.25) is 9.59 Å². The molecule has 3 aromatic carbocycles. The first kappa shape index (κ1) is 25.9. The number of rotatable bonds is 7. The van der Waals surface area contributed by atoms with Crippen molar-refractivity contribution < 1.29 is 14.7 Å². The third kappa shape index (κ3) is 5.58. The molecule has 2 amide bonds. The molecule has 39 heavy (non-hydrogen) atoms. The number of carbonyl (C=O) groups is 2. The summed E-state index contributed by atoms with van der Waals surface area (Å²) in [5, 5.41) is 17.1. The van der Waals surface area contributed by atoms with Gasteiger partial charge in [-0.25, -0.2) is 9.97 Å². The molecule has 1 fully saturated rings. The van der Waals surface area contributed by atoms with Gasteiger partial charge < -0.3 is 25.5 Å². The van der Waals surface area contributed by atoms with Gasteiger partial charge in [0, 0.05) is 72.9 Å². The number of para-hydroxylation sites is 1. The van der Waals surface area contributed by atoms with Crippen LogP contribution in [-0.2, 0) is 16.2 Å². The van der Waals surface area contributed by atoms with Gasteiger partial charge >= 0.3 is 0 Å². The predicted octanol–water partition coefficient (Wildman–Crippen LogP) is 4.33. The van der Waals surface area contributed by atoms with Crippen molar-refractivity contribution in [1.29, 1.82) is 0 Å². The Morgan fingerprint density at radius 1 is 1.00 bits per heavy atom. The lowest BCUT2D eigenvalue weighted by molar-refractivity contribution is -0.129. The van der Waals surface area contributed by atoms with Crippen molar-refractivity contribution in [3.63, 3.8) is 0 Å². The first-order valence-electron chi connectivity index (χ1n) is 12.8. The van der Waals surface area contributed by atoms with Gasteiger partial charge in [-0.15, -0.1) is 0 Å². The Morgan fingerprint density at radius 2 is 1.72 bits per heavy atom. The third-order valence-electron chi connectivity index (χ3n) is 6.89. The Balaban J connectivity index is 1.40. The average molecular weight is 523 g/mol. The zero-order chi connectivity index (χ0) is 27.4. The fourth-order valence-corrected chi connectivity index (χ4v) is 4.81. The van der Waals surface area contributed by atoms with Gasteiger partial charge in [0.15, 0.2) is 0 Å². The van der Waals surface area contributed by atoms with E-state index in [0.29, 0.717) is 17.2 Å². The Labute approximate surface area is 226 Å². The Hall–Kier alpha value is -4.76. The van der Waals surface area contributed by atoms with Crippen LogP contribution in [0.4, 0.5) is 23.0 Å². The van der Waals surface area contributed by atoms with E-state index in [2.05, 4.69) is 39.2 Å². The van der Waals surface area contributed by atoms with E-state index >= 15 is 0 Å². The summed E-state index contributed by atoms with van der Waals surface area (Å²) >= 11 is 0. The van der Waals surface area contributed by atoms with Gasteiger partial charge in [0.05, 0.1) is 12.1 Å². The largest absolute Gasteiger partial charge is 0.392 e. The number of piperazine rings is 1. The predicted molar refractivity (Wildman–Crippen MR) is 154 cm³/mol. The van der Waals surface area contributed by atoms with Crippen LogP contribution < -0.4 is 15.5 Å². The van der Waals surface area contributed by atoms with Crippen LogP contribution in [0.3, 0.4) is 0 Å². The summed E-state index contributed by atoms with van der Waals surface area (Å²) in [6.45, 7) is 7.91. The van der Waals surface area contributed by atoms with Crippen LogP contribution in [0.1, 0.15) is 12.5 Å². The number of anilines is 4. The Kier molecular flexibility index (Phi) is 7.51. The molecule has 0 spiro atoms. The molecule has 9 heteroatoms.